The van der Waals surface area contributed by atoms with Gasteiger partial charge in [0.25, 0.3) is 0 Å². The summed E-state index contributed by atoms with van der Waals surface area (Å²) in [6.45, 7) is 14.9. The smallest absolute Gasteiger partial charge is 0.241 e. The fourth-order valence-corrected chi connectivity index (χ4v) is 2.88. The molecule has 1 N–H and O–H groups in total. The van der Waals surface area contributed by atoms with E-state index in [1.54, 1.807) is 0 Å². The number of nitrogens with zero attached hydrogens (tertiary/aromatic N) is 2. The standard InChI is InChI=1S/C17H35N3O/c1-8-14(6)19(7)9-10-20-15(11-12(2)3)18-16(13(4)5)17(20)21/h12-16,18H,8-11H2,1-7H3. The van der Waals surface area contributed by atoms with Crippen molar-refractivity contribution in [1.29, 1.82) is 0 Å². The molecule has 0 aromatic rings. The average molecular weight is 297 g/mol. The average Bonchev–Trinajstić information content (AvgIpc) is 2.71. The monoisotopic (exact) mass is 297 g/mol. The summed E-state index contributed by atoms with van der Waals surface area (Å²) in [5.74, 6) is 1.23. The highest BCUT2D eigenvalue weighted by Gasteiger charge is 2.40. The fraction of sp³-hybridized carbons (Fsp3) is 0.941. The number of rotatable bonds is 8. The van der Waals surface area contributed by atoms with E-state index < -0.39 is 0 Å². The molecular formula is C17H35N3O. The van der Waals surface area contributed by atoms with Crippen molar-refractivity contribution in [2.45, 2.75) is 72.6 Å². The van der Waals surface area contributed by atoms with Crippen LogP contribution >= 0.6 is 0 Å². The minimum Gasteiger partial charge on any atom is -0.324 e. The van der Waals surface area contributed by atoms with Gasteiger partial charge in [-0.05, 0) is 38.6 Å². The van der Waals surface area contributed by atoms with Crippen molar-refractivity contribution in [3.05, 3.63) is 0 Å². The maximum absolute atomic E-state index is 12.6. The Morgan fingerprint density at radius 1 is 1.24 bits per heavy atom. The highest BCUT2D eigenvalue weighted by molar-refractivity contribution is 5.84. The van der Waals surface area contributed by atoms with Crippen molar-refractivity contribution >= 4 is 5.91 Å². The van der Waals surface area contributed by atoms with Gasteiger partial charge in [-0.1, -0.05) is 34.6 Å². The van der Waals surface area contributed by atoms with Gasteiger partial charge >= 0.3 is 0 Å². The van der Waals surface area contributed by atoms with Gasteiger partial charge in [0.2, 0.25) is 5.91 Å². The summed E-state index contributed by atoms with van der Waals surface area (Å²) in [6, 6.07) is 0.558. The fourth-order valence-electron chi connectivity index (χ4n) is 2.88. The molecule has 4 heteroatoms. The molecule has 0 radical (unpaired) electrons. The Hall–Kier alpha value is -0.610. The minimum absolute atomic E-state index is 0.0114. The van der Waals surface area contributed by atoms with Gasteiger partial charge in [0.15, 0.2) is 0 Å². The van der Waals surface area contributed by atoms with Gasteiger partial charge in [-0.3, -0.25) is 10.1 Å². The summed E-state index contributed by atoms with van der Waals surface area (Å²) in [4.78, 5) is 17.1. The Morgan fingerprint density at radius 3 is 2.33 bits per heavy atom. The van der Waals surface area contributed by atoms with E-state index in [1.165, 1.54) is 0 Å². The zero-order valence-electron chi connectivity index (χ0n) is 15.0. The van der Waals surface area contributed by atoms with E-state index in [2.05, 4.69) is 63.7 Å². The van der Waals surface area contributed by atoms with E-state index in [0.29, 0.717) is 17.9 Å². The summed E-state index contributed by atoms with van der Waals surface area (Å²) in [5.41, 5.74) is 0. The van der Waals surface area contributed by atoms with Gasteiger partial charge in [-0.2, -0.15) is 0 Å². The first-order valence-corrected chi connectivity index (χ1v) is 8.54. The van der Waals surface area contributed by atoms with Crippen LogP contribution < -0.4 is 5.32 Å². The number of carbonyl (C=O) groups is 1. The molecule has 0 aliphatic carbocycles. The van der Waals surface area contributed by atoms with Crippen LogP contribution in [0.2, 0.25) is 0 Å². The Kier molecular flexibility index (Phi) is 7.14. The summed E-state index contributed by atoms with van der Waals surface area (Å²) >= 11 is 0. The molecule has 0 spiro atoms. The van der Waals surface area contributed by atoms with Crippen molar-refractivity contribution in [3.63, 3.8) is 0 Å². The predicted molar refractivity (Wildman–Crippen MR) is 89.1 cm³/mol. The molecule has 1 heterocycles. The Morgan fingerprint density at radius 2 is 1.86 bits per heavy atom. The van der Waals surface area contributed by atoms with Gasteiger partial charge in [-0.15, -0.1) is 0 Å². The second kappa shape index (κ2) is 8.14. The topological polar surface area (TPSA) is 35.6 Å². The molecular weight excluding hydrogens is 262 g/mol. The molecule has 0 aromatic heterocycles. The lowest BCUT2D eigenvalue weighted by molar-refractivity contribution is -0.131. The third-order valence-electron chi connectivity index (χ3n) is 4.70. The zero-order valence-corrected chi connectivity index (χ0v) is 15.0. The number of hydrogen-bond donors (Lipinski definition) is 1. The molecule has 0 saturated carbocycles. The number of amides is 1. The van der Waals surface area contributed by atoms with Crippen LogP contribution in [0.1, 0.15) is 54.4 Å². The summed E-state index contributed by atoms with van der Waals surface area (Å²) in [5, 5.41) is 3.55. The maximum Gasteiger partial charge on any atom is 0.241 e. The number of carbonyl (C=O) groups excluding carboxylic acids is 1. The Balaban J connectivity index is 2.68. The molecule has 1 fully saturated rings. The third kappa shape index (κ3) is 4.96. The van der Waals surface area contributed by atoms with Crippen LogP contribution in [0.25, 0.3) is 0 Å². The molecule has 1 aliphatic heterocycles. The maximum atomic E-state index is 12.6. The second-order valence-corrected chi connectivity index (χ2v) is 7.30. The van der Waals surface area contributed by atoms with Crippen molar-refractivity contribution in [1.82, 2.24) is 15.1 Å². The van der Waals surface area contributed by atoms with E-state index in [1.807, 2.05) is 0 Å². The Labute approximate surface area is 131 Å². The lowest BCUT2D eigenvalue weighted by Gasteiger charge is -2.30. The SMILES string of the molecule is CCC(C)N(C)CCN1C(=O)C(C(C)C)NC1CC(C)C. The Bertz CT molecular complexity index is 330. The van der Waals surface area contributed by atoms with Gasteiger partial charge in [0.05, 0.1) is 12.2 Å². The molecule has 1 amide bonds. The highest BCUT2D eigenvalue weighted by atomic mass is 16.2. The first kappa shape index (κ1) is 18.4. The summed E-state index contributed by atoms with van der Waals surface area (Å²) in [6.07, 6.45) is 2.38. The molecule has 0 bridgehead atoms. The van der Waals surface area contributed by atoms with Crippen LogP contribution in [-0.4, -0.2) is 54.1 Å². The van der Waals surface area contributed by atoms with Crippen LogP contribution in [0.15, 0.2) is 0 Å². The van der Waals surface area contributed by atoms with Gasteiger partial charge in [0.1, 0.15) is 0 Å². The van der Waals surface area contributed by atoms with Crippen molar-refractivity contribution in [3.8, 4) is 0 Å². The molecule has 1 aliphatic rings. The molecule has 0 aromatic carbocycles. The first-order chi connectivity index (χ1) is 9.77. The van der Waals surface area contributed by atoms with E-state index in [9.17, 15) is 4.79 Å². The second-order valence-electron chi connectivity index (χ2n) is 7.30. The van der Waals surface area contributed by atoms with Gasteiger partial charge < -0.3 is 9.80 Å². The van der Waals surface area contributed by atoms with Gasteiger partial charge in [0, 0.05) is 19.1 Å². The number of nitrogens with one attached hydrogen (secondary N) is 1. The zero-order chi connectivity index (χ0) is 16.2. The van der Waals surface area contributed by atoms with Crippen LogP contribution in [0, 0.1) is 11.8 Å². The van der Waals surface area contributed by atoms with Crippen molar-refractivity contribution < 1.29 is 4.79 Å². The lowest BCUT2D eigenvalue weighted by atomic mass is 10.0. The van der Waals surface area contributed by atoms with Gasteiger partial charge in [-0.25, -0.2) is 0 Å². The molecule has 1 rings (SSSR count). The van der Waals surface area contributed by atoms with Crippen molar-refractivity contribution in [2.75, 3.05) is 20.1 Å². The summed E-state index contributed by atoms with van der Waals surface area (Å²) < 4.78 is 0. The van der Waals surface area contributed by atoms with Crippen LogP contribution in [0.5, 0.6) is 0 Å². The normalized spacial score (nSPS) is 24.7. The molecule has 3 unspecified atom stereocenters. The molecule has 4 nitrogen and oxygen atoms in total. The van der Waals surface area contributed by atoms with Crippen LogP contribution in [-0.2, 0) is 4.79 Å². The predicted octanol–water partition coefficient (Wildman–Crippen LogP) is 2.55. The first-order valence-electron chi connectivity index (χ1n) is 8.54. The van der Waals surface area contributed by atoms with Crippen LogP contribution in [0.3, 0.4) is 0 Å². The van der Waals surface area contributed by atoms with E-state index >= 15 is 0 Å². The minimum atomic E-state index is -0.0114. The number of likely N-dealkylation sites (N-methyl/N-ethyl adjacent to an activating group) is 1. The number of hydrogen-bond acceptors (Lipinski definition) is 3. The van der Waals surface area contributed by atoms with E-state index in [4.69, 9.17) is 0 Å². The quantitative estimate of drug-likeness (QED) is 0.748. The summed E-state index contributed by atoms with van der Waals surface area (Å²) in [7, 11) is 2.15. The molecule has 1 saturated heterocycles. The van der Waals surface area contributed by atoms with E-state index in [0.717, 1.165) is 25.9 Å². The largest absolute Gasteiger partial charge is 0.324 e. The molecule has 3 atom stereocenters. The highest BCUT2D eigenvalue weighted by Crippen LogP contribution is 2.21. The van der Waals surface area contributed by atoms with Crippen LogP contribution in [0.4, 0.5) is 0 Å². The molecule has 21 heavy (non-hydrogen) atoms. The third-order valence-corrected chi connectivity index (χ3v) is 4.70. The van der Waals surface area contributed by atoms with E-state index in [-0.39, 0.29) is 18.1 Å². The molecule has 124 valence electrons. The lowest BCUT2D eigenvalue weighted by Crippen LogP contribution is -2.43. The van der Waals surface area contributed by atoms with Crippen molar-refractivity contribution in [2.24, 2.45) is 11.8 Å².